The molecular formula is C25H25FN2O6S. The molecule has 1 heterocycles. The van der Waals surface area contributed by atoms with Gasteiger partial charge in [0, 0.05) is 0 Å². The number of sulfonamides is 1. The number of fused-ring (bicyclic) bond motifs is 1. The predicted molar refractivity (Wildman–Crippen MR) is 128 cm³/mol. The summed E-state index contributed by atoms with van der Waals surface area (Å²) >= 11 is 0. The van der Waals surface area contributed by atoms with Gasteiger partial charge in [0.05, 0.1) is 30.8 Å². The van der Waals surface area contributed by atoms with E-state index in [1.807, 2.05) is 6.92 Å². The number of benzene rings is 3. The zero-order valence-electron chi connectivity index (χ0n) is 19.2. The SMILES string of the molecule is COc1ccc(S(=O)(=O)N2C[C@H](C(=O)NCCOc3ccc(F)cc3)Oc3cc(C)ccc32)cc1. The number of aryl methyl sites for hydroxylation is 1. The summed E-state index contributed by atoms with van der Waals surface area (Å²) in [6.45, 7) is 1.95. The normalized spacial score (nSPS) is 15.1. The summed E-state index contributed by atoms with van der Waals surface area (Å²) in [5, 5.41) is 2.71. The molecule has 0 saturated carbocycles. The Balaban J connectivity index is 1.49. The van der Waals surface area contributed by atoms with E-state index >= 15 is 0 Å². The number of nitrogens with zero attached hydrogens (tertiary/aromatic N) is 1. The van der Waals surface area contributed by atoms with Crippen molar-refractivity contribution in [2.45, 2.75) is 17.9 Å². The highest BCUT2D eigenvalue weighted by molar-refractivity contribution is 7.92. The molecule has 0 bridgehead atoms. The number of hydrogen-bond donors (Lipinski definition) is 1. The molecule has 35 heavy (non-hydrogen) atoms. The summed E-state index contributed by atoms with van der Waals surface area (Å²) < 4.78 is 57.7. The average molecular weight is 501 g/mol. The highest BCUT2D eigenvalue weighted by Crippen LogP contribution is 2.38. The van der Waals surface area contributed by atoms with Crippen LogP contribution in [0.15, 0.2) is 71.6 Å². The second kappa shape index (κ2) is 10.2. The minimum atomic E-state index is -3.98. The van der Waals surface area contributed by atoms with Crippen LogP contribution in [-0.2, 0) is 14.8 Å². The molecule has 184 valence electrons. The molecule has 4 rings (SSSR count). The van der Waals surface area contributed by atoms with Crippen LogP contribution in [0.3, 0.4) is 0 Å². The molecule has 1 N–H and O–H groups in total. The van der Waals surface area contributed by atoms with Gasteiger partial charge in [-0.3, -0.25) is 9.10 Å². The van der Waals surface area contributed by atoms with Gasteiger partial charge in [0.1, 0.15) is 29.7 Å². The van der Waals surface area contributed by atoms with Crippen molar-refractivity contribution in [3.8, 4) is 17.2 Å². The molecule has 0 fully saturated rings. The number of carbonyl (C=O) groups is 1. The first-order chi connectivity index (χ1) is 16.8. The van der Waals surface area contributed by atoms with E-state index in [0.29, 0.717) is 22.9 Å². The van der Waals surface area contributed by atoms with Crippen LogP contribution in [0.5, 0.6) is 17.2 Å². The first-order valence-corrected chi connectivity index (χ1v) is 12.3. The highest BCUT2D eigenvalue weighted by Gasteiger charge is 2.37. The van der Waals surface area contributed by atoms with Gasteiger partial charge < -0.3 is 19.5 Å². The third-order valence-corrected chi connectivity index (χ3v) is 7.20. The topological polar surface area (TPSA) is 94.2 Å². The van der Waals surface area contributed by atoms with Crippen LogP contribution >= 0.6 is 0 Å². The molecule has 8 nitrogen and oxygen atoms in total. The summed E-state index contributed by atoms with van der Waals surface area (Å²) in [7, 11) is -2.48. The highest BCUT2D eigenvalue weighted by atomic mass is 32.2. The Morgan fingerprint density at radius 2 is 1.77 bits per heavy atom. The fraction of sp³-hybridized carbons (Fsp3) is 0.240. The van der Waals surface area contributed by atoms with E-state index < -0.39 is 22.0 Å². The molecule has 0 unspecified atom stereocenters. The van der Waals surface area contributed by atoms with Crippen LogP contribution in [0.2, 0.25) is 0 Å². The van der Waals surface area contributed by atoms with E-state index in [1.165, 1.54) is 47.8 Å². The van der Waals surface area contributed by atoms with Gasteiger partial charge in [0.15, 0.2) is 6.10 Å². The molecule has 0 radical (unpaired) electrons. The lowest BCUT2D eigenvalue weighted by Gasteiger charge is -2.35. The first-order valence-electron chi connectivity index (χ1n) is 10.9. The van der Waals surface area contributed by atoms with Crippen molar-refractivity contribution in [3.05, 3.63) is 78.1 Å². The van der Waals surface area contributed by atoms with Gasteiger partial charge in [-0.1, -0.05) is 6.07 Å². The molecule has 1 aliphatic heterocycles. The lowest BCUT2D eigenvalue weighted by molar-refractivity contribution is -0.127. The van der Waals surface area contributed by atoms with Crippen LogP contribution in [-0.4, -0.2) is 47.2 Å². The number of nitrogens with one attached hydrogen (secondary N) is 1. The molecule has 0 aliphatic carbocycles. The van der Waals surface area contributed by atoms with Crippen LogP contribution in [0, 0.1) is 12.7 Å². The zero-order chi connectivity index (χ0) is 25.0. The summed E-state index contributed by atoms with van der Waals surface area (Å²) in [6.07, 6.45) is -1.07. The monoisotopic (exact) mass is 500 g/mol. The van der Waals surface area contributed by atoms with Crippen molar-refractivity contribution in [1.82, 2.24) is 5.32 Å². The van der Waals surface area contributed by atoms with Crippen molar-refractivity contribution < 1.29 is 31.8 Å². The van der Waals surface area contributed by atoms with Gasteiger partial charge >= 0.3 is 0 Å². The molecule has 0 saturated heterocycles. The van der Waals surface area contributed by atoms with Gasteiger partial charge in [-0.25, -0.2) is 12.8 Å². The quantitative estimate of drug-likeness (QED) is 0.477. The Hall–Kier alpha value is -3.79. The van der Waals surface area contributed by atoms with Gasteiger partial charge in [0.2, 0.25) is 0 Å². The maximum atomic E-state index is 13.5. The number of hydrogen-bond acceptors (Lipinski definition) is 6. The second-order valence-corrected chi connectivity index (χ2v) is 9.75. The Kier molecular flexibility index (Phi) is 7.11. The summed E-state index contributed by atoms with van der Waals surface area (Å²) in [5.74, 6) is 0.452. The standard InChI is InChI=1S/C25H25FN2O6S/c1-17-3-12-22-23(15-17)34-24(25(29)27-13-14-33-20-6-4-18(26)5-7-20)16-28(22)35(30,31)21-10-8-19(32-2)9-11-21/h3-12,15,24H,13-14,16H2,1-2H3,(H,27,29)/t24-/m1/s1. The largest absolute Gasteiger partial charge is 0.497 e. The molecule has 1 atom stereocenters. The van der Waals surface area contributed by atoms with E-state index in [-0.39, 0.29) is 30.4 Å². The van der Waals surface area contributed by atoms with Crippen LogP contribution in [0.25, 0.3) is 0 Å². The molecule has 3 aromatic rings. The Morgan fingerprint density at radius 1 is 1.09 bits per heavy atom. The Morgan fingerprint density at radius 3 is 2.46 bits per heavy atom. The van der Waals surface area contributed by atoms with Crippen molar-refractivity contribution >= 4 is 21.6 Å². The number of rotatable bonds is 8. The minimum absolute atomic E-state index is 0.0681. The smallest absolute Gasteiger partial charge is 0.264 e. The van der Waals surface area contributed by atoms with Crippen LogP contribution in [0.4, 0.5) is 10.1 Å². The lowest BCUT2D eigenvalue weighted by atomic mass is 10.1. The number of carbonyl (C=O) groups excluding carboxylic acids is 1. The molecular weight excluding hydrogens is 475 g/mol. The van der Waals surface area contributed by atoms with E-state index in [9.17, 15) is 17.6 Å². The second-order valence-electron chi connectivity index (χ2n) is 7.88. The van der Waals surface area contributed by atoms with E-state index in [2.05, 4.69) is 5.32 Å². The van der Waals surface area contributed by atoms with E-state index in [1.54, 1.807) is 30.3 Å². The van der Waals surface area contributed by atoms with E-state index in [0.717, 1.165) is 5.56 Å². The number of methoxy groups -OCH3 is 1. The maximum Gasteiger partial charge on any atom is 0.264 e. The first kappa shape index (κ1) is 24.3. The third-order valence-electron chi connectivity index (χ3n) is 5.41. The lowest BCUT2D eigenvalue weighted by Crippen LogP contribution is -2.51. The fourth-order valence-electron chi connectivity index (χ4n) is 3.59. The van der Waals surface area contributed by atoms with Gasteiger partial charge in [0.25, 0.3) is 15.9 Å². The molecule has 0 spiro atoms. The molecule has 0 aromatic heterocycles. The molecule has 10 heteroatoms. The van der Waals surface area contributed by atoms with Gasteiger partial charge in [-0.15, -0.1) is 0 Å². The van der Waals surface area contributed by atoms with Crippen molar-refractivity contribution in [2.24, 2.45) is 0 Å². The zero-order valence-corrected chi connectivity index (χ0v) is 20.0. The van der Waals surface area contributed by atoms with Crippen molar-refractivity contribution in [3.63, 3.8) is 0 Å². The summed E-state index contributed by atoms with van der Waals surface area (Å²) in [4.78, 5) is 12.9. The Bertz CT molecular complexity index is 1300. The molecule has 1 amide bonds. The predicted octanol–water partition coefficient (Wildman–Crippen LogP) is 3.29. The van der Waals surface area contributed by atoms with E-state index in [4.69, 9.17) is 14.2 Å². The fourth-order valence-corrected chi connectivity index (χ4v) is 5.06. The average Bonchev–Trinajstić information content (AvgIpc) is 2.86. The van der Waals surface area contributed by atoms with Crippen molar-refractivity contribution in [1.29, 1.82) is 0 Å². The number of halogens is 1. The van der Waals surface area contributed by atoms with Crippen molar-refractivity contribution in [2.75, 3.05) is 31.1 Å². The van der Waals surface area contributed by atoms with Gasteiger partial charge in [-0.05, 0) is 73.2 Å². The summed E-state index contributed by atoms with van der Waals surface area (Å²) in [6, 6.07) is 16.7. The van der Waals surface area contributed by atoms with Crippen LogP contribution < -0.4 is 23.8 Å². The number of anilines is 1. The third kappa shape index (κ3) is 5.48. The molecule has 3 aromatic carbocycles. The van der Waals surface area contributed by atoms with Crippen LogP contribution in [0.1, 0.15) is 5.56 Å². The number of ether oxygens (including phenoxy) is 3. The minimum Gasteiger partial charge on any atom is -0.497 e. The number of amides is 1. The maximum absolute atomic E-state index is 13.5. The molecule has 1 aliphatic rings. The van der Waals surface area contributed by atoms with Gasteiger partial charge in [-0.2, -0.15) is 0 Å². The summed E-state index contributed by atoms with van der Waals surface area (Å²) in [5.41, 5.74) is 1.22. The Labute approximate surface area is 203 Å².